The fourth-order valence-corrected chi connectivity index (χ4v) is 3.15. The van der Waals surface area contributed by atoms with Crippen molar-refractivity contribution in [2.24, 2.45) is 0 Å². The topological polar surface area (TPSA) is 89.6 Å². The van der Waals surface area contributed by atoms with E-state index in [9.17, 15) is 0 Å². The molecule has 0 spiro atoms. The molecule has 25 heavy (non-hydrogen) atoms. The predicted octanol–water partition coefficient (Wildman–Crippen LogP) is 3.03. The van der Waals surface area contributed by atoms with E-state index in [1.54, 1.807) is 6.20 Å². The van der Waals surface area contributed by atoms with E-state index in [2.05, 4.69) is 32.4 Å². The van der Waals surface area contributed by atoms with Crippen LogP contribution in [0, 0.1) is 13.8 Å². The van der Waals surface area contributed by atoms with E-state index in [0.717, 1.165) is 30.1 Å². The van der Waals surface area contributed by atoms with Crippen LogP contribution in [0.5, 0.6) is 0 Å². The molecule has 0 unspecified atom stereocenters. The molecule has 3 aromatic heterocycles. The zero-order chi connectivity index (χ0) is 17.2. The number of hydrogen-bond donors (Lipinski definition) is 1. The lowest BCUT2D eigenvalue weighted by Gasteiger charge is -2.17. The van der Waals surface area contributed by atoms with Crippen molar-refractivity contribution in [2.45, 2.75) is 46.1 Å². The van der Waals surface area contributed by atoms with E-state index < -0.39 is 0 Å². The van der Waals surface area contributed by atoms with Crippen LogP contribution in [0.15, 0.2) is 22.7 Å². The number of nitrogens with zero attached hydrogens (tertiary/aromatic N) is 5. The number of anilines is 1. The summed E-state index contributed by atoms with van der Waals surface area (Å²) in [5.41, 5.74) is 4.24. The molecule has 0 aromatic carbocycles. The van der Waals surface area contributed by atoms with Gasteiger partial charge in [0.25, 0.3) is 0 Å². The summed E-state index contributed by atoms with van der Waals surface area (Å²) in [6.45, 7) is 4.43. The van der Waals surface area contributed by atoms with Gasteiger partial charge in [0, 0.05) is 11.4 Å². The van der Waals surface area contributed by atoms with Crippen LogP contribution in [0.1, 0.15) is 41.4 Å². The van der Waals surface area contributed by atoms with Crippen LogP contribution in [0.25, 0.3) is 11.5 Å². The van der Waals surface area contributed by atoms with E-state index in [-0.39, 0.29) is 0 Å². The number of nitrogens with one attached hydrogen (secondary N) is 1. The maximum Gasteiger partial charge on any atom is 0.243 e. The minimum Gasteiger partial charge on any atom is -0.460 e. The van der Waals surface area contributed by atoms with E-state index in [1.807, 2.05) is 19.1 Å². The Kier molecular flexibility index (Phi) is 4.13. The summed E-state index contributed by atoms with van der Waals surface area (Å²) in [5, 5.41) is 11.2. The number of hydrogen-bond acceptors (Lipinski definition) is 7. The van der Waals surface area contributed by atoms with Gasteiger partial charge in [-0.25, -0.2) is 15.0 Å². The summed E-state index contributed by atoms with van der Waals surface area (Å²) in [6.07, 6.45) is 6.15. The van der Waals surface area contributed by atoms with Gasteiger partial charge in [0.15, 0.2) is 5.76 Å². The molecule has 1 aliphatic rings. The number of aryl methyl sites for hydroxylation is 3. The molecule has 0 bridgehead atoms. The van der Waals surface area contributed by atoms with Crippen LogP contribution >= 0.6 is 0 Å². The van der Waals surface area contributed by atoms with Crippen LogP contribution < -0.4 is 5.32 Å². The number of furan rings is 1. The Balaban J connectivity index is 1.51. The molecule has 3 heterocycles. The molecule has 0 saturated heterocycles. The van der Waals surface area contributed by atoms with Crippen LogP contribution in [-0.4, -0.2) is 25.1 Å². The first-order chi connectivity index (χ1) is 12.2. The van der Waals surface area contributed by atoms with Gasteiger partial charge in [-0.15, -0.1) is 5.10 Å². The molecule has 128 valence electrons. The first-order valence-electron chi connectivity index (χ1n) is 8.55. The van der Waals surface area contributed by atoms with E-state index in [4.69, 9.17) is 9.40 Å². The molecule has 3 aromatic rings. The number of aromatic nitrogens is 5. The Morgan fingerprint density at radius 1 is 1.08 bits per heavy atom. The van der Waals surface area contributed by atoms with Gasteiger partial charge in [0.05, 0.1) is 12.7 Å². The SMILES string of the molecule is Cc1ccc(-c2cnnc(NCc3nc(C)c4c(n3)CCCC4)n2)o1. The molecule has 0 fully saturated rings. The van der Waals surface area contributed by atoms with Gasteiger partial charge in [-0.3, -0.25) is 0 Å². The number of rotatable bonds is 4. The molecule has 7 heteroatoms. The van der Waals surface area contributed by atoms with Crippen molar-refractivity contribution in [1.82, 2.24) is 25.1 Å². The molecular formula is C18H20N6O. The Morgan fingerprint density at radius 2 is 1.96 bits per heavy atom. The number of fused-ring (bicyclic) bond motifs is 1. The highest BCUT2D eigenvalue weighted by atomic mass is 16.3. The summed E-state index contributed by atoms with van der Waals surface area (Å²) >= 11 is 0. The zero-order valence-electron chi connectivity index (χ0n) is 14.4. The minimum atomic E-state index is 0.436. The molecule has 1 aliphatic carbocycles. The monoisotopic (exact) mass is 336 g/mol. The predicted molar refractivity (Wildman–Crippen MR) is 93.0 cm³/mol. The lowest BCUT2D eigenvalue weighted by Crippen LogP contribution is -2.15. The van der Waals surface area contributed by atoms with Gasteiger partial charge in [-0.1, -0.05) is 0 Å². The molecule has 0 amide bonds. The lowest BCUT2D eigenvalue weighted by atomic mass is 9.95. The zero-order valence-corrected chi connectivity index (χ0v) is 14.4. The van der Waals surface area contributed by atoms with Gasteiger partial charge in [0.2, 0.25) is 5.95 Å². The third kappa shape index (κ3) is 3.35. The first-order valence-corrected chi connectivity index (χ1v) is 8.55. The van der Waals surface area contributed by atoms with Crippen molar-refractivity contribution in [3.8, 4) is 11.5 Å². The highest BCUT2D eigenvalue weighted by Gasteiger charge is 2.15. The molecule has 0 radical (unpaired) electrons. The molecular weight excluding hydrogens is 316 g/mol. The molecule has 1 N–H and O–H groups in total. The molecule has 0 aliphatic heterocycles. The van der Waals surface area contributed by atoms with Crippen LogP contribution in [-0.2, 0) is 19.4 Å². The second-order valence-corrected chi connectivity index (χ2v) is 6.29. The van der Waals surface area contributed by atoms with Crippen molar-refractivity contribution in [3.63, 3.8) is 0 Å². The maximum absolute atomic E-state index is 5.58. The third-order valence-corrected chi connectivity index (χ3v) is 4.39. The van der Waals surface area contributed by atoms with E-state index in [0.29, 0.717) is 23.9 Å². The maximum atomic E-state index is 5.58. The van der Waals surface area contributed by atoms with Crippen LogP contribution in [0.4, 0.5) is 5.95 Å². The van der Waals surface area contributed by atoms with Crippen molar-refractivity contribution >= 4 is 5.95 Å². The van der Waals surface area contributed by atoms with Crippen molar-refractivity contribution in [2.75, 3.05) is 5.32 Å². The Morgan fingerprint density at radius 3 is 2.80 bits per heavy atom. The van der Waals surface area contributed by atoms with E-state index in [1.165, 1.54) is 24.1 Å². The summed E-state index contributed by atoms with van der Waals surface area (Å²) < 4.78 is 5.58. The van der Waals surface area contributed by atoms with Crippen LogP contribution in [0.2, 0.25) is 0 Å². The summed E-state index contributed by atoms with van der Waals surface area (Å²) in [4.78, 5) is 13.8. The van der Waals surface area contributed by atoms with Gasteiger partial charge >= 0.3 is 0 Å². The highest BCUT2D eigenvalue weighted by Crippen LogP contribution is 2.22. The fraction of sp³-hybridized carbons (Fsp3) is 0.389. The van der Waals surface area contributed by atoms with Gasteiger partial charge in [-0.05, 0) is 57.2 Å². The Hall–Kier alpha value is -2.83. The molecule has 7 nitrogen and oxygen atoms in total. The third-order valence-electron chi connectivity index (χ3n) is 4.39. The highest BCUT2D eigenvalue weighted by molar-refractivity contribution is 5.52. The summed E-state index contributed by atoms with van der Waals surface area (Å²) in [5.74, 6) is 2.71. The quantitative estimate of drug-likeness (QED) is 0.783. The average molecular weight is 336 g/mol. The largest absolute Gasteiger partial charge is 0.460 e. The summed E-state index contributed by atoms with van der Waals surface area (Å²) in [7, 11) is 0. The average Bonchev–Trinajstić information content (AvgIpc) is 3.07. The van der Waals surface area contributed by atoms with Crippen molar-refractivity contribution in [1.29, 1.82) is 0 Å². The normalized spacial score (nSPS) is 13.5. The van der Waals surface area contributed by atoms with Gasteiger partial charge < -0.3 is 9.73 Å². The van der Waals surface area contributed by atoms with Crippen LogP contribution in [0.3, 0.4) is 0 Å². The van der Waals surface area contributed by atoms with Gasteiger partial charge in [-0.2, -0.15) is 5.10 Å². The Labute approximate surface area is 146 Å². The summed E-state index contributed by atoms with van der Waals surface area (Å²) in [6, 6.07) is 3.77. The molecule has 0 atom stereocenters. The Bertz CT molecular complexity index is 904. The van der Waals surface area contributed by atoms with Crippen molar-refractivity contribution in [3.05, 3.63) is 46.9 Å². The smallest absolute Gasteiger partial charge is 0.243 e. The van der Waals surface area contributed by atoms with Crippen molar-refractivity contribution < 1.29 is 4.42 Å². The standard InChI is InChI=1S/C18H20N6O/c1-11-7-8-16(25-11)15-9-20-24-18(23-15)19-10-17-21-12(2)13-5-3-4-6-14(13)22-17/h7-9H,3-6,10H2,1-2H3,(H,19,23,24). The lowest BCUT2D eigenvalue weighted by molar-refractivity contribution is 0.545. The molecule has 0 saturated carbocycles. The minimum absolute atomic E-state index is 0.436. The molecule has 4 rings (SSSR count). The first kappa shape index (κ1) is 15.7. The second kappa shape index (κ2) is 6.58. The fourth-order valence-electron chi connectivity index (χ4n) is 3.15. The van der Waals surface area contributed by atoms with Gasteiger partial charge in [0.1, 0.15) is 17.3 Å². The second-order valence-electron chi connectivity index (χ2n) is 6.29. The van der Waals surface area contributed by atoms with E-state index >= 15 is 0 Å².